The van der Waals surface area contributed by atoms with Crippen molar-refractivity contribution in [3.63, 3.8) is 0 Å². The van der Waals surface area contributed by atoms with Gasteiger partial charge in [0, 0.05) is 0 Å². The van der Waals surface area contributed by atoms with Gasteiger partial charge in [0.1, 0.15) is 0 Å². The standard InChI is InChI=1S/C6H10/c1-5(2)6(3)4/h1H,2-4H3. The van der Waals surface area contributed by atoms with Crippen LogP contribution in [0.5, 0.6) is 0 Å². The van der Waals surface area contributed by atoms with Crippen LogP contribution in [0.1, 0.15) is 20.8 Å². The lowest BCUT2D eigenvalue weighted by atomic mass is 10.1. The average molecular weight is 82.1 g/mol. The maximum absolute atomic E-state index is 5.31. The van der Waals surface area contributed by atoms with E-state index in [-0.39, 0.29) is 0 Å². The minimum Gasteiger partial charge on any atom is -0.0668 e. The molecule has 0 nitrogen and oxygen atoms in total. The summed E-state index contributed by atoms with van der Waals surface area (Å²) in [5, 5.41) is 0. The van der Waals surface area contributed by atoms with Crippen LogP contribution in [-0.4, -0.2) is 0 Å². The molecule has 0 aliphatic heterocycles. The molecule has 0 N–H and O–H groups in total. The largest absolute Gasteiger partial charge is 0.0668 e. The lowest BCUT2D eigenvalue weighted by Gasteiger charge is -1.96. The van der Waals surface area contributed by atoms with E-state index in [1.807, 2.05) is 20.8 Å². The molecule has 0 aliphatic carbocycles. The first-order chi connectivity index (χ1) is 2.64. The molecular formula is C6H10. The van der Waals surface area contributed by atoms with Gasteiger partial charge >= 0.3 is 0 Å². The minimum absolute atomic E-state index is 0.926. The molecule has 0 rings (SSSR count). The van der Waals surface area contributed by atoms with Crippen molar-refractivity contribution >= 4 is 0 Å². The maximum Gasteiger partial charge on any atom is -0.00560 e. The quantitative estimate of drug-likeness (QED) is 0.453. The van der Waals surface area contributed by atoms with Crippen molar-refractivity contribution < 1.29 is 0 Å². The summed E-state index contributed by atoms with van der Waals surface area (Å²) in [4.78, 5) is 0. The van der Waals surface area contributed by atoms with Crippen molar-refractivity contribution in [2.24, 2.45) is 0 Å². The fraction of sp³-hybridized carbons (Fsp3) is 0.500. The van der Waals surface area contributed by atoms with Gasteiger partial charge < -0.3 is 0 Å². The van der Waals surface area contributed by atoms with Crippen molar-refractivity contribution in [1.82, 2.24) is 0 Å². The van der Waals surface area contributed by atoms with Gasteiger partial charge in [-0.25, -0.2) is 0 Å². The Morgan fingerprint density at radius 3 is 1.33 bits per heavy atom. The predicted molar refractivity (Wildman–Crippen MR) is 28.1 cm³/mol. The molecule has 0 aromatic carbocycles. The second-order valence-electron chi connectivity index (χ2n) is 1.68. The summed E-state index contributed by atoms with van der Waals surface area (Å²) in [6.45, 7) is 11.2. The summed E-state index contributed by atoms with van der Waals surface area (Å²) < 4.78 is 0. The monoisotopic (exact) mass is 82.1 g/mol. The van der Waals surface area contributed by atoms with E-state index in [1.165, 1.54) is 5.92 Å². The average Bonchev–Trinajstić information content (AvgIpc) is 1.36. The molecule has 0 bridgehead atoms. The van der Waals surface area contributed by atoms with Gasteiger partial charge in [0.05, 0.1) is 0 Å². The van der Waals surface area contributed by atoms with Crippen LogP contribution >= 0.6 is 0 Å². The Morgan fingerprint density at radius 1 is 1.17 bits per heavy atom. The van der Waals surface area contributed by atoms with Gasteiger partial charge in [-0.15, -0.1) is 0 Å². The molecule has 0 aromatic heterocycles. The van der Waals surface area contributed by atoms with E-state index in [2.05, 4.69) is 0 Å². The van der Waals surface area contributed by atoms with Crippen LogP contribution < -0.4 is 0 Å². The van der Waals surface area contributed by atoms with Gasteiger partial charge in [-0.05, 0) is 12.8 Å². The topological polar surface area (TPSA) is 0 Å². The minimum atomic E-state index is 0.926. The van der Waals surface area contributed by atoms with Gasteiger partial charge in [-0.3, -0.25) is 0 Å². The molecule has 0 heterocycles. The first kappa shape index (κ1) is 5.74. The predicted octanol–water partition coefficient (Wildman–Crippen LogP) is 1.98. The maximum atomic E-state index is 5.31. The highest BCUT2D eigenvalue weighted by Gasteiger charge is 1.88. The molecule has 0 aromatic rings. The highest BCUT2D eigenvalue weighted by Crippen LogP contribution is 2.04. The van der Waals surface area contributed by atoms with Crippen molar-refractivity contribution in [2.75, 3.05) is 0 Å². The molecule has 0 saturated carbocycles. The Bertz CT molecular complexity index is 51.1. The fourth-order valence-electron chi connectivity index (χ4n) is 0. The van der Waals surface area contributed by atoms with E-state index in [9.17, 15) is 0 Å². The molecular weight excluding hydrogens is 72.1 g/mol. The molecule has 0 heteroatoms. The Morgan fingerprint density at radius 2 is 1.33 bits per heavy atom. The van der Waals surface area contributed by atoms with Crippen molar-refractivity contribution in [3.8, 4) is 0 Å². The normalized spacial score (nSPS) is 9.33. The van der Waals surface area contributed by atoms with Crippen LogP contribution in [0.3, 0.4) is 0 Å². The number of allylic oxidation sites excluding steroid dienone is 1. The molecule has 0 spiro atoms. The third kappa shape index (κ3) is 2.01. The molecule has 0 unspecified atom stereocenters. The van der Waals surface area contributed by atoms with Crippen LogP contribution in [-0.2, 0) is 0 Å². The van der Waals surface area contributed by atoms with Gasteiger partial charge in [-0.2, -0.15) is 0 Å². The summed E-state index contributed by atoms with van der Waals surface area (Å²) in [5.74, 6) is 1.20. The van der Waals surface area contributed by atoms with Crippen molar-refractivity contribution in [1.29, 1.82) is 0 Å². The second kappa shape index (κ2) is 2.01. The van der Waals surface area contributed by atoms with Crippen LogP contribution in [0.15, 0.2) is 5.57 Å². The van der Waals surface area contributed by atoms with Crippen molar-refractivity contribution in [3.05, 3.63) is 18.1 Å². The summed E-state index contributed by atoms with van der Waals surface area (Å²) >= 11 is 0. The SMILES string of the molecule is [CH]=C(C)[C](C)C. The van der Waals surface area contributed by atoms with Crippen LogP contribution in [0.25, 0.3) is 0 Å². The first-order valence-electron chi connectivity index (χ1n) is 2.04. The molecule has 0 amide bonds. The fourth-order valence-corrected chi connectivity index (χ4v) is 0. The third-order valence-electron chi connectivity index (χ3n) is 0.789. The molecule has 2 radical (unpaired) electrons. The molecule has 6 heavy (non-hydrogen) atoms. The zero-order valence-electron chi connectivity index (χ0n) is 4.58. The van der Waals surface area contributed by atoms with E-state index in [4.69, 9.17) is 6.58 Å². The van der Waals surface area contributed by atoms with Gasteiger partial charge in [0.2, 0.25) is 0 Å². The molecule has 0 atom stereocenters. The van der Waals surface area contributed by atoms with E-state index in [0.717, 1.165) is 5.57 Å². The lowest BCUT2D eigenvalue weighted by Crippen LogP contribution is -1.80. The Hall–Kier alpha value is -0.260. The van der Waals surface area contributed by atoms with E-state index < -0.39 is 0 Å². The summed E-state index contributed by atoms with van der Waals surface area (Å²) in [7, 11) is 0. The lowest BCUT2D eigenvalue weighted by molar-refractivity contribution is 1.11. The first-order valence-corrected chi connectivity index (χ1v) is 2.04. The highest BCUT2D eigenvalue weighted by atomic mass is 13.9. The number of hydrogen-bond acceptors (Lipinski definition) is 0. The Kier molecular flexibility index (Phi) is 1.93. The van der Waals surface area contributed by atoms with E-state index in [1.54, 1.807) is 0 Å². The summed E-state index contributed by atoms with van der Waals surface area (Å²) in [5.41, 5.74) is 0.926. The molecule has 0 fully saturated rings. The second-order valence-corrected chi connectivity index (χ2v) is 1.68. The third-order valence-corrected chi connectivity index (χ3v) is 0.789. The zero-order valence-corrected chi connectivity index (χ0v) is 4.58. The van der Waals surface area contributed by atoms with E-state index >= 15 is 0 Å². The number of hydrogen-bond donors (Lipinski definition) is 0. The summed E-state index contributed by atoms with van der Waals surface area (Å²) in [6.07, 6.45) is 0. The van der Waals surface area contributed by atoms with Crippen LogP contribution in [0.4, 0.5) is 0 Å². The van der Waals surface area contributed by atoms with Gasteiger partial charge in [-0.1, -0.05) is 26.0 Å². The van der Waals surface area contributed by atoms with Gasteiger partial charge in [0.15, 0.2) is 0 Å². The smallest absolute Gasteiger partial charge is 0.00560 e. The summed E-state index contributed by atoms with van der Waals surface area (Å²) in [6, 6.07) is 0. The Labute approximate surface area is 39.9 Å². The zero-order chi connectivity index (χ0) is 5.15. The van der Waals surface area contributed by atoms with Gasteiger partial charge in [0.25, 0.3) is 0 Å². The number of rotatable bonds is 1. The van der Waals surface area contributed by atoms with Crippen molar-refractivity contribution in [2.45, 2.75) is 20.8 Å². The highest BCUT2D eigenvalue weighted by molar-refractivity contribution is 5.10. The van der Waals surface area contributed by atoms with E-state index in [0.29, 0.717) is 0 Å². The van der Waals surface area contributed by atoms with Crippen LogP contribution in [0, 0.1) is 12.5 Å². The molecule has 0 saturated heterocycles. The Balaban J connectivity index is 3.26. The van der Waals surface area contributed by atoms with Crippen LogP contribution in [0.2, 0.25) is 0 Å². The molecule has 0 aliphatic rings. The molecule has 34 valence electrons.